The lowest BCUT2D eigenvalue weighted by molar-refractivity contribution is 0.0902. The molecule has 2 aromatic carbocycles. The Morgan fingerprint density at radius 3 is 2.47 bits per heavy atom. The van der Waals surface area contributed by atoms with Crippen molar-refractivity contribution < 1.29 is 28.6 Å². The molecule has 4 N–H and O–H groups in total. The van der Waals surface area contributed by atoms with Crippen molar-refractivity contribution in [2.24, 2.45) is 5.92 Å². The van der Waals surface area contributed by atoms with Crippen LogP contribution in [0.5, 0.6) is 11.5 Å². The third-order valence-corrected chi connectivity index (χ3v) is 6.14. The van der Waals surface area contributed by atoms with Gasteiger partial charge >= 0.3 is 0 Å². The van der Waals surface area contributed by atoms with E-state index in [9.17, 15) is 28.7 Å². The van der Waals surface area contributed by atoms with Crippen molar-refractivity contribution >= 4 is 17.5 Å². The summed E-state index contributed by atoms with van der Waals surface area (Å²) in [5.41, 5.74) is -0.211. The van der Waals surface area contributed by atoms with Crippen molar-refractivity contribution in [2.75, 3.05) is 20.2 Å². The van der Waals surface area contributed by atoms with Crippen LogP contribution in [-0.2, 0) is 0 Å². The number of ether oxygens (including phenoxy) is 1. The van der Waals surface area contributed by atoms with E-state index in [1.807, 2.05) is 0 Å². The summed E-state index contributed by atoms with van der Waals surface area (Å²) in [4.78, 5) is 52.1. The van der Waals surface area contributed by atoms with Crippen molar-refractivity contribution in [1.82, 2.24) is 15.6 Å². The molecule has 0 saturated carbocycles. The first-order valence-corrected chi connectivity index (χ1v) is 11.2. The molecule has 0 spiro atoms. The molecule has 1 aliphatic heterocycles. The zero-order valence-electron chi connectivity index (χ0n) is 19.3. The SMILES string of the molecule is COc1ccc(O)c(C(=O)c2ccc(C(=O)C[C@@H]3CNC[C@H]3NC(=O)c3cc[nH]c(=O)c3)cc2)c1F. The van der Waals surface area contributed by atoms with Crippen LogP contribution in [0.3, 0.4) is 0 Å². The quantitative estimate of drug-likeness (QED) is 0.353. The molecule has 2 heterocycles. The van der Waals surface area contributed by atoms with Crippen molar-refractivity contribution in [1.29, 1.82) is 0 Å². The molecule has 0 unspecified atom stereocenters. The number of aromatic nitrogens is 1. The van der Waals surface area contributed by atoms with Crippen molar-refractivity contribution in [3.8, 4) is 11.5 Å². The van der Waals surface area contributed by atoms with Gasteiger partial charge in [-0.3, -0.25) is 19.2 Å². The summed E-state index contributed by atoms with van der Waals surface area (Å²) in [5, 5.41) is 16.0. The van der Waals surface area contributed by atoms with Gasteiger partial charge < -0.3 is 25.5 Å². The lowest BCUT2D eigenvalue weighted by Gasteiger charge is -2.19. The molecule has 1 aromatic heterocycles. The number of phenolic OH excluding ortho intramolecular Hbond substituents is 1. The van der Waals surface area contributed by atoms with Crippen molar-refractivity contribution in [2.45, 2.75) is 12.5 Å². The molecular formula is C26H24FN3O6. The van der Waals surface area contributed by atoms with Crippen LogP contribution in [0.25, 0.3) is 0 Å². The minimum absolute atomic E-state index is 0.0968. The smallest absolute Gasteiger partial charge is 0.251 e. The zero-order chi connectivity index (χ0) is 25.8. The number of aromatic hydroxyl groups is 1. The fraction of sp³-hybridized carbons (Fsp3) is 0.231. The Morgan fingerprint density at radius 2 is 1.78 bits per heavy atom. The number of Topliss-reactive ketones (excluding diaryl/α,β-unsaturated/α-hetero) is 1. The molecule has 2 atom stereocenters. The van der Waals surface area contributed by atoms with Crippen LogP contribution in [0, 0.1) is 11.7 Å². The minimum atomic E-state index is -0.968. The fourth-order valence-electron chi connectivity index (χ4n) is 4.18. The number of pyridine rings is 1. The highest BCUT2D eigenvalue weighted by Crippen LogP contribution is 2.30. The first-order chi connectivity index (χ1) is 17.3. The topological polar surface area (TPSA) is 138 Å². The molecule has 10 heteroatoms. The van der Waals surface area contributed by atoms with E-state index in [1.165, 1.54) is 61.8 Å². The largest absolute Gasteiger partial charge is 0.507 e. The van der Waals surface area contributed by atoms with Gasteiger partial charge in [0.1, 0.15) is 11.3 Å². The number of H-pyrrole nitrogens is 1. The van der Waals surface area contributed by atoms with Gasteiger partial charge in [-0.05, 0) is 18.2 Å². The van der Waals surface area contributed by atoms with E-state index in [0.29, 0.717) is 18.7 Å². The van der Waals surface area contributed by atoms with Crippen LogP contribution >= 0.6 is 0 Å². The van der Waals surface area contributed by atoms with Crippen molar-refractivity contribution in [3.63, 3.8) is 0 Å². The number of hydrogen-bond acceptors (Lipinski definition) is 7. The molecule has 0 aliphatic carbocycles. The number of ketones is 2. The summed E-state index contributed by atoms with van der Waals surface area (Å²) in [5.74, 6) is -3.16. The number of phenols is 1. The lowest BCUT2D eigenvalue weighted by Crippen LogP contribution is -2.41. The monoisotopic (exact) mass is 493 g/mol. The fourth-order valence-corrected chi connectivity index (χ4v) is 4.18. The average molecular weight is 493 g/mol. The van der Waals surface area contributed by atoms with Gasteiger partial charge in [0.15, 0.2) is 23.1 Å². The molecule has 0 bridgehead atoms. The van der Waals surface area contributed by atoms with Gasteiger partial charge in [-0.2, -0.15) is 0 Å². The molecule has 1 aliphatic rings. The summed E-state index contributed by atoms with van der Waals surface area (Å²) in [7, 11) is 1.25. The number of amides is 1. The maximum Gasteiger partial charge on any atom is 0.251 e. The van der Waals surface area contributed by atoms with Gasteiger partial charge in [-0.15, -0.1) is 0 Å². The molecule has 1 amide bonds. The Kier molecular flexibility index (Phi) is 7.25. The van der Waals surface area contributed by atoms with Crippen LogP contribution in [0.4, 0.5) is 4.39 Å². The standard InChI is InChI=1S/C26H24FN3O6/c1-36-21-7-6-19(31)23(24(21)27)25(34)15-4-2-14(3-5-15)20(32)10-17-12-28-13-18(17)30-26(35)16-8-9-29-22(33)11-16/h2-9,11,17-18,28,31H,10,12-13H2,1H3,(H,29,33)(H,30,35)/t17-,18-/m1/s1. The Morgan fingerprint density at radius 1 is 1.06 bits per heavy atom. The van der Waals surface area contributed by atoms with E-state index in [4.69, 9.17) is 4.74 Å². The number of carbonyl (C=O) groups excluding carboxylic acids is 3. The molecule has 186 valence electrons. The van der Waals surface area contributed by atoms with Crippen LogP contribution in [-0.4, -0.2) is 53.8 Å². The maximum atomic E-state index is 14.5. The second-order valence-corrected chi connectivity index (χ2v) is 8.45. The molecule has 4 rings (SSSR count). The molecule has 3 aromatic rings. The number of rotatable bonds is 8. The van der Waals surface area contributed by atoms with Crippen LogP contribution < -0.4 is 20.9 Å². The van der Waals surface area contributed by atoms with Crippen molar-refractivity contribution in [3.05, 3.63) is 93.2 Å². The summed E-state index contributed by atoms with van der Waals surface area (Å²) in [6.07, 6.45) is 1.54. The van der Waals surface area contributed by atoms with Gasteiger partial charge in [0.25, 0.3) is 5.91 Å². The number of nitrogens with one attached hydrogen (secondary N) is 3. The highest BCUT2D eigenvalue weighted by Gasteiger charge is 2.31. The van der Waals surface area contributed by atoms with Gasteiger partial charge in [0, 0.05) is 60.4 Å². The Balaban J connectivity index is 1.43. The normalized spacial score (nSPS) is 16.9. The summed E-state index contributed by atoms with van der Waals surface area (Å²) < 4.78 is 19.4. The summed E-state index contributed by atoms with van der Waals surface area (Å²) in [6.45, 7) is 1.01. The number of hydrogen-bond donors (Lipinski definition) is 4. The predicted molar refractivity (Wildman–Crippen MR) is 128 cm³/mol. The van der Waals surface area contributed by atoms with E-state index in [2.05, 4.69) is 15.6 Å². The first kappa shape index (κ1) is 24.8. The number of aromatic amines is 1. The highest BCUT2D eigenvalue weighted by atomic mass is 19.1. The van der Waals surface area contributed by atoms with Gasteiger partial charge in [0.2, 0.25) is 5.56 Å². The minimum Gasteiger partial charge on any atom is -0.507 e. The molecule has 0 radical (unpaired) electrons. The molecule has 36 heavy (non-hydrogen) atoms. The van der Waals surface area contributed by atoms with Crippen LogP contribution in [0.15, 0.2) is 59.5 Å². The van der Waals surface area contributed by atoms with Gasteiger partial charge in [-0.25, -0.2) is 4.39 Å². The third-order valence-electron chi connectivity index (χ3n) is 6.14. The Labute approximate surface area is 205 Å². The molecular weight excluding hydrogens is 469 g/mol. The predicted octanol–water partition coefficient (Wildman–Crippen LogP) is 2.05. The van der Waals surface area contributed by atoms with E-state index in [1.54, 1.807) is 0 Å². The Bertz CT molecular complexity index is 1370. The molecule has 9 nitrogen and oxygen atoms in total. The van der Waals surface area contributed by atoms with E-state index in [0.717, 1.165) is 0 Å². The number of halogens is 1. The number of carbonyl (C=O) groups is 3. The van der Waals surface area contributed by atoms with Gasteiger partial charge in [0.05, 0.1) is 7.11 Å². The highest BCUT2D eigenvalue weighted by molar-refractivity contribution is 6.11. The number of methoxy groups -OCH3 is 1. The lowest BCUT2D eigenvalue weighted by atomic mass is 9.93. The Hall–Kier alpha value is -4.31. The van der Waals surface area contributed by atoms with Crippen LogP contribution in [0.2, 0.25) is 0 Å². The number of benzene rings is 2. The van der Waals surface area contributed by atoms with E-state index < -0.39 is 28.8 Å². The summed E-state index contributed by atoms with van der Waals surface area (Å²) in [6, 6.07) is 10.5. The second-order valence-electron chi connectivity index (χ2n) is 8.45. The molecule has 1 saturated heterocycles. The first-order valence-electron chi connectivity index (χ1n) is 11.2. The third kappa shape index (κ3) is 5.18. The van der Waals surface area contributed by atoms with E-state index >= 15 is 0 Å². The molecule has 1 fully saturated rings. The zero-order valence-corrected chi connectivity index (χ0v) is 19.3. The second kappa shape index (κ2) is 10.5. The van der Waals surface area contributed by atoms with Gasteiger partial charge in [-0.1, -0.05) is 24.3 Å². The summed E-state index contributed by atoms with van der Waals surface area (Å²) >= 11 is 0. The van der Waals surface area contributed by atoms with Crippen LogP contribution in [0.1, 0.15) is 43.1 Å². The average Bonchev–Trinajstić information content (AvgIpc) is 3.30. The maximum absolute atomic E-state index is 14.5. The van der Waals surface area contributed by atoms with E-state index in [-0.39, 0.29) is 46.6 Å².